The molecule has 10 heavy (non-hydrogen) atoms. The van der Waals surface area contributed by atoms with E-state index >= 15 is 0 Å². The molecule has 58 valence electrons. The molecule has 0 aliphatic rings. The lowest BCUT2D eigenvalue weighted by Crippen LogP contribution is -2.36. The zero-order chi connectivity index (χ0) is 8.36. The van der Waals surface area contributed by atoms with Crippen molar-refractivity contribution in [3.8, 4) is 0 Å². The molecule has 0 spiro atoms. The molecule has 0 saturated carbocycles. The van der Waals surface area contributed by atoms with Crippen LogP contribution >= 0.6 is 12.6 Å². The maximum atomic E-state index is 10.7. The number of carbonyl (C=O) groups is 2. The number of ketones is 1. The van der Waals surface area contributed by atoms with E-state index in [4.69, 9.17) is 5.11 Å². The van der Waals surface area contributed by atoms with E-state index in [0.717, 1.165) is 0 Å². The topological polar surface area (TPSA) is 54.4 Å². The Morgan fingerprint density at radius 2 is 2.00 bits per heavy atom. The molecule has 0 aliphatic heterocycles. The second kappa shape index (κ2) is 3.05. The van der Waals surface area contributed by atoms with Gasteiger partial charge in [-0.05, 0) is 13.8 Å². The number of hydrogen-bond donors (Lipinski definition) is 2. The number of aliphatic carboxylic acids is 1. The van der Waals surface area contributed by atoms with Gasteiger partial charge in [-0.25, -0.2) is 0 Å². The smallest absolute Gasteiger partial charge is 0.317 e. The molecule has 0 heterocycles. The Balaban J connectivity index is 4.55. The fourth-order valence-corrected chi connectivity index (χ4v) is 0.687. The molecule has 4 heteroatoms. The molecular weight excluding hydrogens is 152 g/mol. The Kier molecular flexibility index (Phi) is 2.90. The summed E-state index contributed by atoms with van der Waals surface area (Å²) in [5, 5.41) is 8.53. The predicted octanol–water partition coefficient (Wildman–Crippen LogP) is 0.596. The molecular formula is C6H10O3S. The third kappa shape index (κ3) is 1.50. The second-order valence-electron chi connectivity index (χ2n) is 2.35. The van der Waals surface area contributed by atoms with Crippen LogP contribution in [0.25, 0.3) is 0 Å². The lowest BCUT2D eigenvalue weighted by atomic mass is 9.89. The first-order chi connectivity index (χ1) is 4.45. The summed E-state index contributed by atoms with van der Waals surface area (Å²) in [6.45, 7) is 2.62. The maximum absolute atomic E-state index is 10.7. The van der Waals surface area contributed by atoms with Gasteiger partial charge in [0.1, 0.15) is 11.2 Å². The van der Waals surface area contributed by atoms with Gasteiger partial charge in [0.15, 0.2) is 0 Å². The quantitative estimate of drug-likeness (QED) is 0.472. The van der Waals surface area contributed by atoms with Crippen molar-refractivity contribution in [2.45, 2.75) is 13.8 Å². The summed E-state index contributed by atoms with van der Waals surface area (Å²) >= 11 is 3.78. The highest BCUT2D eigenvalue weighted by Gasteiger charge is 2.36. The van der Waals surface area contributed by atoms with Gasteiger partial charge in [0, 0.05) is 5.75 Å². The molecule has 0 aliphatic carbocycles. The van der Waals surface area contributed by atoms with Gasteiger partial charge in [-0.3, -0.25) is 9.59 Å². The molecule has 0 saturated heterocycles. The van der Waals surface area contributed by atoms with E-state index in [1.165, 1.54) is 13.8 Å². The SMILES string of the molecule is CC(=O)C(C)(CS)C(=O)O. The molecule has 0 rings (SSSR count). The van der Waals surface area contributed by atoms with Crippen molar-refractivity contribution in [3.63, 3.8) is 0 Å². The molecule has 0 radical (unpaired) electrons. The summed E-state index contributed by atoms with van der Waals surface area (Å²) in [4.78, 5) is 21.1. The summed E-state index contributed by atoms with van der Waals surface area (Å²) in [7, 11) is 0. The molecule has 0 aromatic rings. The Morgan fingerprint density at radius 1 is 1.60 bits per heavy atom. The third-order valence-corrected chi connectivity index (χ3v) is 2.20. The molecule has 0 fully saturated rings. The molecule has 3 nitrogen and oxygen atoms in total. The highest BCUT2D eigenvalue weighted by atomic mass is 32.1. The van der Waals surface area contributed by atoms with Crippen molar-refractivity contribution in [2.75, 3.05) is 5.75 Å². The summed E-state index contributed by atoms with van der Waals surface area (Å²) in [5.74, 6) is -1.44. The zero-order valence-electron chi connectivity index (χ0n) is 5.92. The summed E-state index contributed by atoms with van der Waals surface area (Å²) in [6.07, 6.45) is 0. The van der Waals surface area contributed by atoms with Gasteiger partial charge in [0.05, 0.1) is 0 Å². The van der Waals surface area contributed by atoms with Gasteiger partial charge in [-0.1, -0.05) is 0 Å². The summed E-state index contributed by atoms with van der Waals surface area (Å²) < 4.78 is 0. The van der Waals surface area contributed by atoms with Crippen LogP contribution in [0.1, 0.15) is 13.8 Å². The Bertz CT molecular complexity index is 150. The number of Topliss-reactive ketones (excluding diaryl/α,β-unsaturated/α-hetero) is 1. The van der Waals surface area contributed by atoms with Crippen molar-refractivity contribution in [1.82, 2.24) is 0 Å². The van der Waals surface area contributed by atoms with Crippen LogP contribution in [0.5, 0.6) is 0 Å². The van der Waals surface area contributed by atoms with Gasteiger partial charge in [0.25, 0.3) is 0 Å². The van der Waals surface area contributed by atoms with Crippen LogP contribution in [0.15, 0.2) is 0 Å². The number of carboxylic acid groups (broad SMARTS) is 1. The average molecular weight is 162 g/mol. The molecule has 1 N–H and O–H groups in total. The number of thiol groups is 1. The van der Waals surface area contributed by atoms with Gasteiger partial charge in [-0.2, -0.15) is 12.6 Å². The van der Waals surface area contributed by atoms with Crippen LogP contribution in [0.2, 0.25) is 0 Å². The fourth-order valence-electron chi connectivity index (χ4n) is 0.330. The minimum atomic E-state index is -1.32. The number of rotatable bonds is 3. The molecule has 0 bridgehead atoms. The first-order valence-electron chi connectivity index (χ1n) is 2.80. The predicted molar refractivity (Wildman–Crippen MR) is 40.3 cm³/mol. The largest absolute Gasteiger partial charge is 0.480 e. The van der Waals surface area contributed by atoms with E-state index in [1.54, 1.807) is 0 Å². The lowest BCUT2D eigenvalue weighted by Gasteiger charge is -2.17. The lowest BCUT2D eigenvalue weighted by molar-refractivity contribution is -0.151. The van der Waals surface area contributed by atoms with Crippen LogP contribution in [0.4, 0.5) is 0 Å². The minimum Gasteiger partial charge on any atom is -0.480 e. The first kappa shape index (κ1) is 9.49. The van der Waals surface area contributed by atoms with Crippen molar-refractivity contribution in [3.05, 3.63) is 0 Å². The van der Waals surface area contributed by atoms with E-state index in [9.17, 15) is 9.59 Å². The van der Waals surface area contributed by atoms with Gasteiger partial charge in [0.2, 0.25) is 0 Å². The number of carbonyl (C=O) groups excluding carboxylic acids is 1. The van der Waals surface area contributed by atoms with E-state index < -0.39 is 11.4 Å². The zero-order valence-corrected chi connectivity index (χ0v) is 6.81. The Morgan fingerprint density at radius 3 is 2.00 bits per heavy atom. The third-order valence-electron chi connectivity index (χ3n) is 1.57. The molecule has 0 aromatic heterocycles. The average Bonchev–Trinajstić information content (AvgIpc) is 1.85. The Hall–Kier alpha value is -0.510. The Labute approximate surface area is 64.8 Å². The number of carboxylic acids is 1. The first-order valence-corrected chi connectivity index (χ1v) is 3.43. The van der Waals surface area contributed by atoms with Gasteiger partial charge in [-0.15, -0.1) is 0 Å². The molecule has 0 aromatic carbocycles. The van der Waals surface area contributed by atoms with Crippen LogP contribution < -0.4 is 0 Å². The van der Waals surface area contributed by atoms with Gasteiger partial charge < -0.3 is 5.11 Å². The van der Waals surface area contributed by atoms with Crippen molar-refractivity contribution >= 4 is 24.4 Å². The standard InChI is InChI=1S/C6H10O3S/c1-4(7)6(2,3-10)5(8)9/h10H,3H2,1-2H3,(H,8,9). The fraction of sp³-hybridized carbons (Fsp3) is 0.667. The van der Waals surface area contributed by atoms with E-state index in [1.807, 2.05) is 0 Å². The summed E-state index contributed by atoms with van der Waals surface area (Å²) in [6, 6.07) is 0. The maximum Gasteiger partial charge on any atom is 0.317 e. The van der Waals surface area contributed by atoms with Crippen LogP contribution in [0, 0.1) is 5.41 Å². The van der Waals surface area contributed by atoms with Crippen LogP contribution in [0.3, 0.4) is 0 Å². The van der Waals surface area contributed by atoms with E-state index in [0.29, 0.717) is 0 Å². The summed E-state index contributed by atoms with van der Waals surface area (Å²) in [5.41, 5.74) is -1.32. The van der Waals surface area contributed by atoms with Crippen LogP contribution in [-0.4, -0.2) is 22.6 Å². The van der Waals surface area contributed by atoms with Crippen molar-refractivity contribution in [1.29, 1.82) is 0 Å². The second-order valence-corrected chi connectivity index (χ2v) is 2.67. The van der Waals surface area contributed by atoms with Crippen molar-refractivity contribution < 1.29 is 14.7 Å². The number of hydrogen-bond acceptors (Lipinski definition) is 3. The van der Waals surface area contributed by atoms with Gasteiger partial charge >= 0.3 is 5.97 Å². The van der Waals surface area contributed by atoms with Crippen LogP contribution in [-0.2, 0) is 9.59 Å². The van der Waals surface area contributed by atoms with E-state index in [2.05, 4.69) is 12.6 Å². The highest BCUT2D eigenvalue weighted by molar-refractivity contribution is 7.80. The van der Waals surface area contributed by atoms with Crippen molar-refractivity contribution in [2.24, 2.45) is 5.41 Å². The van der Waals surface area contributed by atoms with E-state index in [-0.39, 0.29) is 11.5 Å². The minimum absolute atomic E-state index is 0.0394. The monoisotopic (exact) mass is 162 g/mol. The molecule has 1 atom stereocenters. The molecule has 0 amide bonds. The highest BCUT2D eigenvalue weighted by Crippen LogP contribution is 2.19. The molecule has 1 unspecified atom stereocenters. The normalized spacial score (nSPS) is 15.9.